The number of ether oxygens (including phenoxy) is 1. The molecular weight excluding hydrogens is 1130 g/mol. The summed E-state index contributed by atoms with van der Waals surface area (Å²) in [4.78, 5) is 24.7. The average Bonchev–Trinajstić information content (AvgIpc) is 3.74. The molecular formula is C86H169NO5. The number of hydrogen-bond acceptors (Lipinski definition) is 5. The van der Waals surface area contributed by atoms with Crippen molar-refractivity contribution < 1.29 is 24.5 Å². The number of esters is 1. The Hall–Kier alpha value is -1.40. The van der Waals surface area contributed by atoms with E-state index in [0.29, 0.717) is 25.9 Å². The van der Waals surface area contributed by atoms with Gasteiger partial charge in [-0.15, -0.1) is 0 Å². The van der Waals surface area contributed by atoms with Crippen molar-refractivity contribution in [1.29, 1.82) is 0 Å². The molecule has 548 valence electrons. The molecule has 3 N–H and O–H groups in total. The van der Waals surface area contributed by atoms with E-state index in [0.717, 1.165) is 38.5 Å². The van der Waals surface area contributed by atoms with Gasteiger partial charge in [-0.3, -0.25) is 9.59 Å². The molecule has 0 aliphatic carbocycles. The van der Waals surface area contributed by atoms with Gasteiger partial charge in [-0.1, -0.05) is 450 Å². The van der Waals surface area contributed by atoms with Gasteiger partial charge in [0.25, 0.3) is 0 Å². The van der Waals surface area contributed by atoms with Crippen LogP contribution in [0, 0.1) is 0 Å². The quantitative estimate of drug-likeness (QED) is 0.0320. The van der Waals surface area contributed by atoms with Gasteiger partial charge >= 0.3 is 5.97 Å². The van der Waals surface area contributed by atoms with E-state index in [4.69, 9.17) is 4.74 Å². The van der Waals surface area contributed by atoms with E-state index in [9.17, 15) is 19.8 Å². The molecule has 0 saturated carbocycles. The molecule has 0 aliphatic rings. The standard InChI is InChI=1S/C86H169NO5/c1-3-5-7-9-11-13-15-17-19-21-22-23-37-40-43-47-50-54-58-62-66-70-74-78-84(89)83(82-88)87-85(90)79-75-71-67-63-59-55-51-48-44-41-38-35-33-31-29-27-25-24-26-28-30-32-34-36-39-42-45-49-53-57-61-65-69-73-77-81-92-86(91)80-76-72-68-64-60-56-52-46-20-18-16-14-12-10-8-6-4-2/h26,28,83-84,88-89H,3-25,27,29-82H2,1-2H3,(H,87,90)/b28-26-. The maximum Gasteiger partial charge on any atom is 0.305 e. The van der Waals surface area contributed by atoms with Gasteiger partial charge < -0.3 is 20.3 Å². The minimum Gasteiger partial charge on any atom is -0.466 e. The summed E-state index contributed by atoms with van der Waals surface area (Å²) in [6.45, 7) is 5.02. The smallest absolute Gasteiger partial charge is 0.305 e. The van der Waals surface area contributed by atoms with Crippen LogP contribution >= 0.6 is 0 Å². The minimum atomic E-state index is -0.663. The molecule has 6 heteroatoms. The first-order valence-electron chi connectivity index (χ1n) is 42.9. The third-order valence-electron chi connectivity index (χ3n) is 20.6. The van der Waals surface area contributed by atoms with Crippen LogP contribution in [0.5, 0.6) is 0 Å². The highest BCUT2D eigenvalue weighted by molar-refractivity contribution is 5.76. The second-order valence-corrected chi connectivity index (χ2v) is 29.9. The van der Waals surface area contributed by atoms with Crippen molar-refractivity contribution in [3.63, 3.8) is 0 Å². The molecule has 6 nitrogen and oxygen atoms in total. The topological polar surface area (TPSA) is 95.9 Å². The predicted octanol–water partition coefficient (Wildman–Crippen LogP) is 28.6. The fraction of sp³-hybridized carbons (Fsp3) is 0.953. The summed E-state index contributed by atoms with van der Waals surface area (Å²) < 4.78 is 5.52. The van der Waals surface area contributed by atoms with Crippen LogP contribution < -0.4 is 5.32 Å². The first kappa shape index (κ1) is 90.6. The normalized spacial score (nSPS) is 12.4. The number of carbonyl (C=O) groups excluding carboxylic acids is 2. The molecule has 0 radical (unpaired) electrons. The van der Waals surface area contributed by atoms with Gasteiger partial charge in [0.05, 0.1) is 25.4 Å². The number of amides is 1. The fourth-order valence-corrected chi connectivity index (χ4v) is 14.1. The maximum atomic E-state index is 12.6. The van der Waals surface area contributed by atoms with E-state index in [1.165, 1.54) is 430 Å². The molecule has 0 aromatic rings. The maximum absolute atomic E-state index is 12.6. The third kappa shape index (κ3) is 77.6. The van der Waals surface area contributed by atoms with Gasteiger partial charge in [0.1, 0.15) is 0 Å². The summed E-state index contributed by atoms with van der Waals surface area (Å²) in [6, 6.07) is -0.540. The molecule has 0 aromatic carbocycles. The average molecular weight is 1300 g/mol. The van der Waals surface area contributed by atoms with E-state index >= 15 is 0 Å². The Morgan fingerprint density at radius 2 is 0.511 bits per heavy atom. The summed E-state index contributed by atoms with van der Waals surface area (Å²) in [5.74, 6) is 0.000733. The van der Waals surface area contributed by atoms with Gasteiger partial charge in [0.2, 0.25) is 5.91 Å². The summed E-state index contributed by atoms with van der Waals surface area (Å²) >= 11 is 0. The summed E-state index contributed by atoms with van der Waals surface area (Å²) in [5.41, 5.74) is 0. The molecule has 0 aromatic heterocycles. The zero-order valence-corrected chi connectivity index (χ0v) is 63.1. The van der Waals surface area contributed by atoms with E-state index in [1.807, 2.05) is 0 Å². The SMILES string of the molecule is CCCCCCCCCCCCCCCCCCCCCCCCCC(O)C(CO)NC(=O)CCCCCCCCCCCCCCCCCCC/C=C\CCCCCCCCCCCCCCCCOC(=O)CCCCCCCCCCCCCCCCCCC. The number of allylic oxidation sites excluding steroid dienone is 2. The lowest BCUT2D eigenvalue weighted by Crippen LogP contribution is -2.45. The van der Waals surface area contributed by atoms with Crippen LogP contribution in [0.3, 0.4) is 0 Å². The van der Waals surface area contributed by atoms with E-state index < -0.39 is 12.1 Å². The minimum absolute atomic E-state index is 0.0250. The van der Waals surface area contributed by atoms with Crippen LogP contribution in [0.4, 0.5) is 0 Å². The highest BCUT2D eigenvalue weighted by atomic mass is 16.5. The Balaban J connectivity index is 3.33. The second-order valence-electron chi connectivity index (χ2n) is 29.9. The molecule has 0 heterocycles. The Bertz CT molecular complexity index is 1400. The predicted molar refractivity (Wildman–Crippen MR) is 407 cm³/mol. The molecule has 0 fully saturated rings. The summed E-state index contributed by atoms with van der Waals surface area (Å²) in [7, 11) is 0. The number of carbonyl (C=O) groups is 2. The number of rotatable bonds is 82. The van der Waals surface area contributed by atoms with Crippen molar-refractivity contribution in [2.75, 3.05) is 13.2 Å². The lowest BCUT2D eigenvalue weighted by atomic mass is 10.0. The number of aliphatic hydroxyl groups is 2. The van der Waals surface area contributed by atoms with E-state index in [2.05, 4.69) is 31.3 Å². The van der Waals surface area contributed by atoms with Crippen molar-refractivity contribution in [3.05, 3.63) is 12.2 Å². The van der Waals surface area contributed by atoms with Gasteiger partial charge in [0, 0.05) is 12.8 Å². The van der Waals surface area contributed by atoms with Crippen LogP contribution in [0.2, 0.25) is 0 Å². The van der Waals surface area contributed by atoms with Crippen molar-refractivity contribution in [1.82, 2.24) is 5.32 Å². The molecule has 0 rings (SSSR count). The zero-order valence-electron chi connectivity index (χ0n) is 63.1. The molecule has 2 atom stereocenters. The number of aliphatic hydroxyl groups excluding tert-OH is 2. The third-order valence-corrected chi connectivity index (χ3v) is 20.6. The van der Waals surface area contributed by atoms with Crippen molar-refractivity contribution in [2.45, 2.75) is 514 Å². The van der Waals surface area contributed by atoms with Gasteiger partial charge in [-0.2, -0.15) is 0 Å². The van der Waals surface area contributed by atoms with Gasteiger partial charge in [0.15, 0.2) is 0 Å². The summed E-state index contributed by atoms with van der Waals surface area (Å²) in [5, 5.41) is 23.5. The fourth-order valence-electron chi connectivity index (χ4n) is 14.1. The highest BCUT2D eigenvalue weighted by Crippen LogP contribution is 2.21. The Morgan fingerprint density at radius 1 is 0.293 bits per heavy atom. The van der Waals surface area contributed by atoms with Crippen molar-refractivity contribution >= 4 is 11.9 Å². The largest absolute Gasteiger partial charge is 0.466 e. The van der Waals surface area contributed by atoms with Crippen LogP contribution in [-0.4, -0.2) is 47.4 Å². The molecule has 2 unspecified atom stereocenters. The second kappa shape index (κ2) is 82.0. The van der Waals surface area contributed by atoms with Gasteiger partial charge in [-0.05, 0) is 51.4 Å². The Labute approximate surface area is 578 Å². The van der Waals surface area contributed by atoms with Gasteiger partial charge in [-0.25, -0.2) is 0 Å². The molecule has 0 spiro atoms. The monoisotopic (exact) mass is 1300 g/mol. The molecule has 0 bridgehead atoms. The lowest BCUT2D eigenvalue weighted by Gasteiger charge is -2.22. The zero-order chi connectivity index (χ0) is 66.3. The molecule has 0 aliphatic heterocycles. The van der Waals surface area contributed by atoms with Crippen LogP contribution in [0.25, 0.3) is 0 Å². The lowest BCUT2D eigenvalue weighted by molar-refractivity contribution is -0.143. The number of nitrogens with one attached hydrogen (secondary N) is 1. The first-order valence-corrected chi connectivity index (χ1v) is 42.9. The first-order chi connectivity index (χ1) is 45.5. The van der Waals surface area contributed by atoms with Crippen LogP contribution in [0.1, 0.15) is 502 Å². The molecule has 0 saturated heterocycles. The Morgan fingerprint density at radius 3 is 0.772 bits per heavy atom. The Kier molecular flexibility index (Phi) is 80.8. The highest BCUT2D eigenvalue weighted by Gasteiger charge is 2.20. The molecule has 92 heavy (non-hydrogen) atoms. The molecule has 1 amide bonds. The van der Waals surface area contributed by atoms with Crippen LogP contribution in [-0.2, 0) is 14.3 Å². The van der Waals surface area contributed by atoms with Crippen LogP contribution in [0.15, 0.2) is 12.2 Å². The van der Waals surface area contributed by atoms with Crippen molar-refractivity contribution in [3.8, 4) is 0 Å². The number of unbranched alkanes of at least 4 members (excludes halogenated alkanes) is 69. The summed E-state index contributed by atoms with van der Waals surface area (Å²) in [6.07, 6.45) is 105. The van der Waals surface area contributed by atoms with E-state index in [-0.39, 0.29) is 18.5 Å². The number of hydrogen-bond donors (Lipinski definition) is 3. The van der Waals surface area contributed by atoms with E-state index in [1.54, 1.807) is 0 Å². The van der Waals surface area contributed by atoms with Crippen molar-refractivity contribution in [2.24, 2.45) is 0 Å².